The lowest BCUT2D eigenvalue weighted by Crippen LogP contribution is -1.89. The fourth-order valence-electron chi connectivity index (χ4n) is 2.05. The third-order valence-electron chi connectivity index (χ3n) is 3.28. The van der Waals surface area contributed by atoms with Gasteiger partial charge in [0.15, 0.2) is 23.0 Å². The van der Waals surface area contributed by atoms with Crippen molar-refractivity contribution in [2.75, 3.05) is 14.2 Å². The van der Waals surface area contributed by atoms with E-state index < -0.39 is 5.97 Å². The molecular formula is C19H22O6. The standard InChI is InChI=1S/C10H10O4.C9H12O2/c1-14-9-6-7(2-4-8(9)11)3-5-10(12)13;1-3-7-5-4-6-8(10)9(7)11-2/h2-6,11H,1H3,(H,12,13);4-6,10H,3H2,1-2H3. The van der Waals surface area contributed by atoms with E-state index in [1.54, 1.807) is 25.3 Å². The van der Waals surface area contributed by atoms with Crippen molar-refractivity contribution in [2.45, 2.75) is 13.3 Å². The number of aryl methyl sites for hydroxylation is 1. The third kappa shape index (κ3) is 6.10. The molecule has 0 radical (unpaired) electrons. The van der Waals surface area contributed by atoms with E-state index >= 15 is 0 Å². The molecule has 0 aliphatic carbocycles. The molecule has 0 atom stereocenters. The monoisotopic (exact) mass is 346 g/mol. The predicted octanol–water partition coefficient (Wildman–Crippen LogP) is 3.46. The first-order valence-electron chi connectivity index (χ1n) is 7.55. The molecule has 2 aromatic rings. The van der Waals surface area contributed by atoms with Gasteiger partial charge < -0.3 is 24.8 Å². The molecule has 0 spiro atoms. The molecule has 134 valence electrons. The van der Waals surface area contributed by atoms with Gasteiger partial charge in [0.1, 0.15) is 0 Å². The Morgan fingerprint density at radius 1 is 1.08 bits per heavy atom. The van der Waals surface area contributed by atoms with Crippen LogP contribution in [-0.2, 0) is 11.2 Å². The number of carboxylic acids is 1. The minimum absolute atomic E-state index is 0.0278. The minimum atomic E-state index is -1.02. The van der Waals surface area contributed by atoms with Crippen molar-refractivity contribution in [2.24, 2.45) is 0 Å². The van der Waals surface area contributed by atoms with Crippen molar-refractivity contribution in [3.8, 4) is 23.0 Å². The van der Waals surface area contributed by atoms with Crippen LogP contribution < -0.4 is 9.47 Å². The molecule has 0 saturated heterocycles. The van der Waals surface area contributed by atoms with E-state index in [4.69, 9.17) is 14.6 Å². The fourth-order valence-corrected chi connectivity index (χ4v) is 2.05. The molecule has 25 heavy (non-hydrogen) atoms. The topological polar surface area (TPSA) is 96.2 Å². The Morgan fingerprint density at radius 3 is 2.32 bits per heavy atom. The summed E-state index contributed by atoms with van der Waals surface area (Å²) in [5.74, 6) is 0.136. The van der Waals surface area contributed by atoms with Crippen molar-refractivity contribution >= 4 is 12.0 Å². The Balaban J connectivity index is 0.000000257. The Morgan fingerprint density at radius 2 is 1.80 bits per heavy atom. The zero-order chi connectivity index (χ0) is 18.8. The van der Waals surface area contributed by atoms with Gasteiger partial charge in [-0.15, -0.1) is 0 Å². The van der Waals surface area contributed by atoms with Gasteiger partial charge in [0.05, 0.1) is 14.2 Å². The van der Waals surface area contributed by atoms with Crippen molar-refractivity contribution in [3.63, 3.8) is 0 Å². The van der Waals surface area contributed by atoms with Gasteiger partial charge in [0.2, 0.25) is 0 Å². The highest BCUT2D eigenvalue weighted by molar-refractivity contribution is 5.85. The summed E-state index contributed by atoms with van der Waals surface area (Å²) in [6, 6.07) is 9.97. The lowest BCUT2D eigenvalue weighted by Gasteiger charge is -2.07. The van der Waals surface area contributed by atoms with Crippen LogP contribution in [0.5, 0.6) is 23.0 Å². The molecule has 0 aliphatic heterocycles. The minimum Gasteiger partial charge on any atom is -0.504 e. The first-order valence-corrected chi connectivity index (χ1v) is 7.55. The van der Waals surface area contributed by atoms with Crippen LogP contribution in [0.4, 0.5) is 0 Å². The van der Waals surface area contributed by atoms with Crippen LogP contribution in [0, 0.1) is 0 Å². The number of aromatic hydroxyl groups is 2. The Bertz CT molecular complexity index is 737. The molecule has 2 rings (SSSR count). The van der Waals surface area contributed by atoms with Crippen molar-refractivity contribution in [1.29, 1.82) is 0 Å². The summed E-state index contributed by atoms with van der Waals surface area (Å²) >= 11 is 0. The van der Waals surface area contributed by atoms with E-state index in [-0.39, 0.29) is 11.5 Å². The van der Waals surface area contributed by atoms with E-state index in [2.05, 4.69) is 0 Å². The van der Waals surface area contributed by atoms with E-state index in [9.17, 15) is 15.0 Å². The summed E-state index contributed by atoms with van der Waals surface area (Å²) in [5.41, 5.74) is 1.69. The fraction of sp³-hybridized carbons (Fsp3) is 0.211. The maximum absolute atomic E-state index is 10.2. The van der Waals surface area contributed by atoms with Crippen LogP contribution in [-0.4, -0.2) is 35.5 Å². The van der Waals surface area contributed by atoms with Gasteiger partial charge in [-0.25, -0.2) is 4.79 Å². The Kier molecular flexibility index (Phi) is 7.86. The zero-order valence-electron chi connectivity index (χ0n) is 14.4. The van der Waals surface area contributed by atoms with Crippen molar-refractivity contribution in [1.82, 2.24) is 0 Å². The number of hydrogen-bond donors (Lipinski definition) is 3. The maximum atomic E-state index is 10.2. The molecule has 0 aromatic heterocycles. The third-order valence-corrected chi connectivity index (χ3v) is 3.28. The van der Waals surface area contributed by atoms with Crippen LogP contribution in [0.15, 0.2) is 42.5 Å². The van der Waals surface area contributed by atoms with Crippen LogP contribution in [0.25, 0.3) is 6.08 Å². The predicted molar refractivity (Wildman–Crippen MR) is 95.4 cm³/mol. The highest BCUT2D eigenvalue weighted by atomic mass is 16.5. The van der Waals surface area contributed by atoms with Gasteiger partial charge in [0.25, 0.3) is 0 Å². The average molecular weight is 346 g/mol. The number of para-hydroxylation sites is 1. The molecular weight excluding hydrogens is 324 g/mol. The second-order valence-electron chi connectivity index (χ2n) is 4.93. The van der Waals surface area contributed by atoms with Gasteiger partial charge in [-0.2, -0.15) is 0 Å². The molecule has 3 N–H and O–H groups in total. The first kappa shape index (κ1) is 19.9. The van der Waals surface area contributed by atoms with Crippen LogP contribution in [0.2, 0.25) is 0 Å². The number of ether oxygens (including phenoxy) is 2. The van der Waals surface area contributed by atoms with Gasteiger partial charge in [0, 0.05) is 6.08 Å². The summed E-state index contributed by atoms with van der Waals surface area (Å²) in [5, 5.41) is 26.9. The van der Waals surface area contributed by atoms with E-state index in [1.165, 1.54) is 19.3 Å². The number of aliphatic carboxylic acids is 1. The van der Waals surface area contributed by atoms with Gasteiger partial charge in [-0.1, -0.05) is 25.1 Å². The zero-order valence-corrected chi connectivity index (χ0v) is 14.4. The van der Waals surface area contributed by atoms with Crippen LogP contribution in [0.1, 0.15) is 18.1 Å². The van der Waals surface area contributed by atoms with Crippen molar-refractivity contribution < 1.29 is 29.6 Å². The largest absolute Gasteiger partial charge is 0.504 e. The summed E-state index contributed by atoms with van der Waals surface area (Å²) in [6.07, 6.45) is 3.31. The lowest BCUT2D eigenvalue weighted by molar-refractivity contribution is -0.131. The molecule has 0 heterocycles. The molecule has 6 nitrogen and oxygen atoms in total. The summed E-state index contributed by atoms with van der Waals surface area (Å²) in [7, 11) is 2.99. The lowest BCUT2D eigenvalue weighted by atomic mass is 10.1. The van der Waals surface area contributed by atoms with E-state index in [0.29, 0.717) is 17.1 Å². The van der Waals surface area contributed by atoms with Gasteiger partial charge >= 0.3 is 5.97 Å². The van der Waals surface area contributed by atoms with Gasteiger partial charge in [-0.05, 0) is 41.8 Å². The van der Waals surface area contributed by atoms with E-state index in [0.717, 1.165) is 18.1 Å². The second kappa shape index (κ2) is 9.87. The number of hydrogen-bond acceptors (Lipinski definition) is 5. The molecule has 0 amide bonds. The Labute approximate surface area is 146 Å². The van der Waals surface area contributed by atoms with Crippen LogP contribution in [0.3, 0.4) is 0 Å². The van der Waals surface area contributed by atoms with E-state index in [1.807, 2.05) is 19.1 Å². The van der Waals surface area contributed by atoms with Crippen molar-refractivity contribution in [3.05, 3.63) is 53.6 Å². The molecule has 0 fully saturated rings. The normalized spacial score (nSPS) is 10.0. The quantitative estimate of drug-likeness (QED) is 0.718. The Hall–Kier alpha value is -3.15. The second-order valence-corrected chi connectivity index (χ2v) is 4.93. The first-order chi connectivity index (χ1) is 11.9. The number of rotatable bonds is 5. The SMILES string of the molecule is CCc1cccc(O)c1OC.COc1cc(C=CC(=O)O)ccc1O. The summed E-state index contributed by atoms with van der Waals surface area (Å²) < 4.78 is 9.88. The molecule has 0 unspecified atom stereocenters. The molecule has 0 saturated carbocycles. The highest BCUT2D eigenvalue weighted by Crippen LogP contribution is 2.29. The number of benzene rings is 2. The summed E-state index contributed by atoms with van der Waals surface area (Å²) in [6.45, 7) is 2.03. The molecule has 0 aliphatic rings. The molecule has 6 heteroatoms. The van der Waals surface area contributed by atoms with Gasteiger partial charge in [-0.3, -0.25) is 0 Å². The number of phenolic OH excluding ortho intramolecular Hbond substituents is 2. The highest BCUT2D eigenvalue weighted by Gasteiger charge is 2.04. The maximum Gasteiger partial charge on any atom is 0.328 e. The average Bonchev–Trinajstić information content (AvgIpc) is 2.61. The van der Waals surface area contributed by atoms with Crippen LogP contribution >= 0.6 is 0 Å². The summed E-state index contributed by atoms with van der Waals surface area (Å²) in [4.78, 5) is 10.2. The number of phenols is 2. The smallest absolute Gasteiger partial charge is 0.328 e. The number of carboxylic acid groups (broad SMARTS) is 1. The molecule has 2 aromatic carbocycles. The molecule has 0 bridgehead atoms. The number of methoxy groups -OCH3 is 2. The number of carbonyl (C=O) groups is 1.